The first-order valence-corrected chi connectivity index (χ1v) is 7.60. The first-order valence-electron chi connectivity index (χ1n) is 7.60. The van der Waals surface area contributed by atoms with Crippen molar-refractivity contribution in [1.82, 2.24) is 5.32 Å². The largest absolute Gasteiger partial charge is 0.481 e. The van der Waals surface area contributed by atoms with Gasteiger partial charge in [-0.1, -0.05) is 12.2 Å². The molecule has 0 aliphatic heterocycles. The van der Waals surface area contributed by atoms with Gasteiger partial charge in [0.05, 0.1) is 11.8 Å². The fourth-order valence-electron chi connectivity index (χ4n) is 2.58. The molecule has 0 fully saturated rings. The van der Waals surface area contributed by atoms with Crippen molar-refractivity contribution in [3.63, 3.8) is 0 Å². The van der Waals surface area contributed by atoms with Gasteiger partial charge in [-0.05, 0) is 44.0 Å². The predicted molar refractivity (Wildman–Crippen MR) is 86.1 cm³/mol. The molecule has 2 atom stereocenters. The molecule has 2 unspecified atom stereocenters. The summed E-state index contributed by atoms with van der Waals surface area (Å²) in [5.74, 6) is -2.72. The number of rotatable bonds is 5. The van der Waals surface area contributed by atoms with Crippen LogP contribution in [0.4, 0.5) is 5.69 Å². The fraction of sp³-hybridized carbons (Fsp3) is 0.353. The molecule has 6 nitrogen and oxygen atoms in total. The van der Waals surface area contributed by atoms with Gasteiger partial charge in [-0.15, -0.1) is 0 Å². The summed E-state index contributed by atoms with van der Waals surface area (Å²) in [4.78, 5) is 35.2. The number of hydrogen-bond donors (Lipinski definition) is 3. The molecular weight excluding hydrogens is 296 g/mol. The highest BCUT2D eigenvalue weighted by molar-refractivity contribution is 5.97. The second-order valence-corrected chi connectivity index (χ2v) is 5.42. The molecule has 0 saturated carbocycles. The Morgan fingerprint density at radius 2 is 1.70 bits per heavy atom. The third-order valence-electron chi connectivity index (χ3n) is 3.84. The third kappa shape index (κ3) is 4.18. The number of hydrogen-bond acceptors (Lipinski definition) is 3. The fourth-order valence-corrected chi connectivity index (χ4v) is 2.58. The number of aliphatic carboxylic acids is 1. The topological polar surface area (TPSA) is 95.5 Å². The van der Waals surface area contributed by atoms with E-state index in [2.05, 4.69) is 10.6 Å². The van der Waals surface area contributed by atoms with E-state index in [1.165, 1.54) is 0 Å². The Hall–Kier alpha value is -2.63. The number of anilines is 1. The monoisotopic (exact) mass is 316 g/mol. The van der Waals surface area contributed by atoms with E-state index in [-0.39, 0.29) is 11.8 Å². The van der Waals surface area contributed by atoms with Gasteiger partial charge >= 0.3 is 5.97 Å². The minimum atomic E-state index is -0.957. The van der Waals surface area contributed by atoms with Crippen LogP contribution in [0.3, 0.4) is 0 Å². The normalized spacial score (nSPS) is 19.9. The SMILES string of the molecule is CCNC(=O)c1ccc(NC(=O)C2CC=CCC2C(=O)O)cc1. The van der Waals surface area contributed by atoms with E-state index in [0.29, 0.717) is 30.6 Å². The minimum absolute atomic E-state index is 0.172. The number of carboxylic acid groups (broad SMARTS) is 1. The lowest BCUT2D eigenvalue weighted by Crippen LogP contribution is -2.34. The van der Waals surface area contributed by atoms with Crippen LogP contribution in [0, 0.1) is 11.8 Å². The summed E-state index contributed by atoms with van der Waals surface area (Å²) in [6, 6.07) is 6.51. The molecule has 0 aromatic heterocycles. The van der Waals surface area contributed by atoms with Crippen molar-refractivity contribution < 1.29 is 19.5 Å². The number of nitrogens with one attached hydrogen (secondary N) is 2. The summed E-state index contributed by atoms with van der Waals surface area (Å²) < 4.78 is 0. The summed E-state index contributed by atoms with van der Waals surface area (Å²) in [7, 11) is 0. The molecule has 1 aliphatic rings. The summed E-state index contributed by atoms with van der Waals surface area (Å²) in [6.45, 7) is 2.38. The maximum Gasteiger partial charge on any atom is 0.307 e. The molecule has 0 bridgehead atoms. The molecule has 122 valence electrons. The van der Waals surface area contributed by atoms with Gasteiger partial charge in [0.2, 0.25) is 5.91 Å². The number of benzene rings is 1. The highest BCUT2D eigenvalue weighted by Gasteiger charge is 2.33. The Morgan fingerprint density at radius 1 is 1.09 bits per heavy atom. The van der Waals surface area contributed by atoms with Crippen molar-refractivity contribution in [1.29, 1.82) is 0 Å². The van der Waals surface area contributed by atoms with Crippen LogP contribution >= 0.6 is 0 Å². The Balaban J connectivity index is 2.03. The van der Waals surface area contributed by atoms with Crippen LogP contribution in [0.2, 0.25) is 0 Å². The predicted octanol–water partition coefficient (Wildman–Crippen LogP) is 2.04. The Bertz CT molecular complexity index is 622. The van der Waals surface area contributed by atoms with E-state index in [1.807, 2.05) is 13.0 Å². The van der Waals surface area contributed by atoms with Gasteiger partial charge in [0.1, 0.15) is 0 Å². The van der Waals surface area contributed by atoms with E-state index in [9.17, 15) is 19.5 Å². The van der Waals surface area contributed by atoms with Crippen molar-refractivity contribution >= 4 is 23.5 Å². The lowest BCUT2D eigenvalue weighted by atomic mass is 9.82. The minimum Gasteiger partial charge on any atom is -0.481 e. The Kier molecular flexibility index (Phi) is 5.51. The van der Waals surface area contributed by atoms with E-state index < -0.39 is 17.8 Å². The van der Waals surface area contributed by atoms with Crippen molar-refractivity contribution in [2.75, 3.05) is 11.9 Å². The van der Waals surface area contributed by atoms with Crippen molar-refractivity contribution in [3.05, 3.63) is 42.0 Å². The quantitative estimate of drug-likeness (QED) is 0.724. The zero-order valence-corrected chi connectivity index (χ0v) is 12.9. The zero-order chi connectivity index (χ0) is 16.8. The summed E-state index contributed by atoms with van der Waals surface area (Å²) in [5.41, 5.74) is 1.05. The summed E-state index contributed by atoms with van der Waals surface area (Å²) in [5, 5.41) is 14.6. The van der Waals surface area contributed by atoms with Gasteiger partial charge in [0, 0.05) is 17.8 Å². The Morgan fingerprint density at radius 3 is 2.26 bits per heavy atom. The smallest absolute Gasteiger partial charge is 0.307 e. The molecule has 6 heteroatoms. The van der Waals surface area contributed by atoms with Gasteiger partial charge < -0.3 is 15.7 Å². The van der Waals surface area contributed by atoms with Gasteiger partial charge in [-0.3, -0.25) is 14.4 Å². The lowest BCUT2D eigenvalue weighted by Gasteiger charge is -2.24. The van der Waals surface area contributed by atoms with E-state index >= 15 is 0 Å². The molecule has 1 aromatic rings. The number of carbonyl (C=O) groups is 3. The van der Waals surface area contributed by atoms with Crippen molar-refractivity contribution in [2.45, 2.75) is 19.8 Å². The molecular formula is C17H20N2O4. The van der Waals surface area contributed by atoms with E-state index in [0.717, 1.165) is 0 Å². The number of carbonyl (C=O) groups excluding carboxylic acids is 2. The van der Waals surface area contributed by atoms with Gasteiger partial charge in [-0.2, -0.15) is 0 Å². The number of amides is 2. The van der Waals surface area contributed by atoms with Crippen LogP contribution in [0.25, 0.3) is 0 Å². The molecule has 0 radical (unpaired) electrons. The third-order valence-corrected chi connectivity index (χ3v) is 3.84. The van der Waals surface area contributed by atoms with Crippen LogP contribution < -0.4 is 10.6 Å². The molecule has 23 heavy (non-hydrogen) atoms. The first kappa shape index (κ1) is 16.7. The number of allylic oxidation sites excluding steroid dienone is 2. The molecule has 0 spiro atoms. The van der Waals surface area contributed by atoms with Crippen LogP contribution in [0.15, 0.2) is 36.4 Å². The van der Waals surface area contributed by atoms with Crippen molar-refractivity contribution in [2.24, 2.45) is 11.8 Å². The van der Waals surface area contributed by atoms with Crippen LogP contribution in [0.1, 0.15) is 30.1 Å². The summed E-state index contributed by atoms with van der Waals surface area (Å²) in [6.07, 6.45) is 4.41. The maximum atomic E-state index is 12.3. The van der Waals surface area contributed by atoms with Gasteiger partial charge in [-0.25, -0.2) is 0 Å². The summed E-state index contributed by atoms with van der Waals surface area (Å²) >= 11 is 0. The molecule has 0 saturated heterocycles. The maximum absolute atomic E-state index is 12.3. The van der Waals surface area contributed by atoms with Gasteiger partial charge in [0.25, 0.3) is 5.91 Å². The van der Waals surface area contributed by atoms with Gasteiger partial charge in [0.15, 0.2) is 0 Å². The molecule has 0 heterocycles. The van der Waals surface area contributed by atoms with E-state index in [1.54, 1.807) is 30.3 Å². The highest BCUT2D eigenvalue weighted by Crippen LogP contribution is 2.27. The molecule has 1 aromatic carbocycles. The molecule has 1 aliphatic carbocycles. The molecule has 2 rings (SSSR count). The van der Waals surface area contributed by atoms with Crippen molar-refractivity contribution in [3.8, 4) is 0 Å². The average Bonchev–Trinajstić information content (AvgIpc) is 2.55. The van der Waals surface area contributed by atoms with Crippen LogP contribution in [-0.2, 0) is 9.59 Å². The standard InChI is InChI=1S/C17H20N2O4/c1-2-18-15(20)11-7-9-12(10-8-11)19-16(21)13-5-3-4-6-14(13)17(22)23/h3-4,7-10,13-14H,2,5-6H2,1H3,(H,18,20)(H,19,21)(H,22,23). The van der Waals surface area contributed by atoms with Crippen LogP contribution in [-0.4, -0.2) is 29.4 Å². The Labute approximate surface area is 134 Å². The molecule has 2 amide bonds. The lowest BCUT2D eigenvalue weighted by molar-refractivity contribution is -0.146. The average molecular weight is 316 g/mol. The second-order valence-electron chi connectivity index (χ2n) is 5.42. The highest BCUT2D eigenvalue weighted by atomic mass is 16.4. The van der Waals surface area contributed by atoms with Crippen LogP contribution in [0.5, 0.6) is 0 Å². The number of carboxylic acids is 1. The van der Waals surface area contributed by atoms with E-state index in [4.69, 9.17) is 0 Å². The zero-order valence-electron chi connectivity index (χ0n) is 12.9. The second kappa shape index (κ2) is 7.58. The molecule has 3 N–H and O–H groups in total. The first-order chi connectivity index (χ1) is 11.0.